The van der Waals surface area contributed by atoms with Crippen LogP contribution in [0.4, 0.5) is 0 Å². The highest BCUT2D eigenvalue weighted by atomic mass is 16.3. The summed E-state index contributed by atoms with van der Waals surface area (Å²) >= 11 is 0. The Balaban J connectivity index is 2.24. The monoisotopic (exact) mass is 232 g/mol. The molecule has 1 unspecified atom stereocenters. The van der Waals surface area contributed by atoms with E-state index in [1.54, 1.807) is 0 Å². The van der Waals surface area contributed by atoms with E-state index in [1.165, 1.54) is 0 Å². The first-order chi connectivity index (χ1) is 8.22. The Morgan fingerprint density at radius 2 is 2.00 bits per heavy atom. The predicted molar refractivity (Wildman–Crippen MR) is 70.4 cm³/mol. The van der Waals surface area contributed by atoms with Gasteiger partial charge in [-0.2, -0.15) is 0 Å². The standard InChI is InChI=1S/C14H20N2O/c1-10(2)7-8-13(16-15)12-9-17-14-6-4-3-5-11(12)14/h3-6,9-10,13,16H,7-8,15H2,1-2H3. The SMILES string of the molecule is CC(C)CCC(NN)c1coc2ccccc12. The largest absolute Gasteiger partial charge is 0.464 e. The Morgan fingerprint density at radius 3 is 2.71 bits per heavy atom. The van der Waals surface area contributed by atoms with Gasteiger partial charge in [-0.05, 0) is 24.8 Å². The summed E-state index contributed by atoms with van der Waals surface area (Å²) in [5.74, 6) is 6.33. The third kappa shape index (κ3) is 2.68. The van der Waals surface area contributed by atoms with Crippen molar-refractivity contribution >= 4 is 11.0 Å². The predicted octanol–water partition coefficient (Wildman–Crippen LogP) is 3.37. The molecule has 1 aromatic heterocycles. The molecular formula is C14H20N2O. The second-order valence-electron chi connectivity index (χ2n) is 4.88. The molecule has 92 valence electrons. The maximum absolute atomic E-state index is 5.65. The topological polar surface area (TPSA) is 51.2 Å². The van der Waals surface area contributed by atoms with Crippen molar-refractivity contribution in [2.75, 3.05) is 0 Å². The average Bonchev–Trinajstić information content (AvgIpc) is 2.74. The van der Waals surface area contributed by atoms with E-state index in [4.69, 9.17) is 10.3 Å². The van der Waals surface area contributed by atoms with Gasteiger partial charge in [0.2, 0.25) is 0 Å². The summed E-state index contributed by atoms with van der Waals surface area (Å²) in [6, 6.07) is 8.23. The lowest BCUT2D eigenvalue weighted by molar-refractivity contribution is 0.445. The first-order valence-electron chi connectivity index (χ1n) is 6.14. The number of hydrazine groups is 1. The summed E-state index contributed by atoms with van der Waals surface area (Å²) in [4.78, 5) is 0. The Hall–Kier alpha value is -1.32. The lowest BCUT2D eigenvalue weighted by Gasteiger charge is -2.15. The van der Waals surface area contributed by atoms with Gasteiger partial charge in [-0.3, -0.25) is 11.3 Å². The summed E-state index contributed by atoms with van der Waals surface area (Å²) in [5, 5.41) is 1.15. The van der Waals surface area contributed by atoms with Crippen LogP contribution in [-0.4, -0.2) is 0 Å². The van der Waals surface area contributed by atoms with Crippen molar-refractivity contribution in [3.8, 4) is 0 Å². The summed E-state index contributed by atoms with van der Waals surface area (Å²) in [6.45, 7) is 4.45. The lowest BCUT2D eigenvalue weighted by atomic mass is 9.98. The molecule has 0 fully saturated rings. The molecule has 0 saturated heterocycles. The van der Waals surface area contributed by atoms with E-state index >= 15 is 0 Å². The van der Waals surface area contributed by atoms with Crippen LogP contribution in [0.3, 0.4) is 0 Å². The molecule has 1 aromatic carbocycles. The minimum atomic E-state index is 0.168. The van der Waals surface area contributed by atoms with Gasteiger partial charge < -0.3 is 4.42 Å². The molecule has 0 aliphatic rings. The molecule has 2 rings (SSSR count). The molecular weight excluding hydrogens is 212 g/mol. The highest BCUT2D eigenvalue weighted by molar-refractivity contribution is 5.81. The van der Waals surface area contributed by atoms with Crippen molar-refractivity contribution in [2.24, 2.45) is 11.8 Å². The van der Waals surface area contributed by atoms with Crippen molar-refractivity contribution in [3.63, 3.8) is 0 Å². The summed E-state index contributed by atoms with van der Waals surface area (Å²) in [5.41, 5.74) is 4.97. The van der Waals surface area contributed by atoms with E-state index < -0.39 is 0 Å². The Morgan fingerprint density at radius 1 is 1.24 bits per heavy atom. The van der Waals surface area contributed by atoms with Gasteiger partial charge in [-0.1, -0.05) is 32.0 Å². The maximum atomic E-state index is 5.65. The molecule has 1 atom stereocenters. The van der Waals surface area contributed by atoms with Gasteiger partial charge in [-0.15, -0.1) is 0 Å². The fourth-order valence-electron chi connectivity index (χ4n) is 2.10. The normalized spacial score (nSPS) is 13.4. The molecule has 0 aliphatic heterocycles. The van der Waals surface area contributed by atoms with Gasteiger partial charge in [0.25, 0.3) is 0 Å². The van der Waals surface area contributed by atoms with Gasteiger partial charge in [0.05, 0.1) is 6.26 Å². The number of hydrogen-bond donors (Lipinski definition) is 2. The quantitative estimate of drug-likeness (QED) is 0.614. The molecule has 0 aliphatic carbocycles. The van der Waals surface area contributed by atoms with Crippen LogP contribution in [0.5, 0.6) is 0 Å². The molecule has 0 radical (unpaired) electrons. The molecule has 17 heavy (non-hydrogen) atoms. The van der Waals surface area contributed by atoms with Crippen LogP contribution in [0.15, 0.2) is 34.9 Å². The van der Waals surface area contributed by atoms with Gasteiger partial charge in [0, 0.05) is 17.0 Å². The van der Waals surface area contributed by atoms with E-state index in [2.05, 4.69) is 25.3 Å². The maximum Gasteiger partial charge on any atom is 0.134 e. The second-order valence-corrected chi connectivity index (χ2v) is 4.88. The van der Waals surface area contributed by atoms with Crippen LogP contribution < -0.4 is 11.3 Å². The van der Waals surface area contributed by atoms with Crippen molar-refractivity contribution in [1.82, 2.24) is 5.43 Å². The van der Waals surface area contributed by atoms with Crippen LogP contribution in [0, 0.1) is 5.92 Å². The van der Waals surface area contributed by atoms with E-state index in [0.717, 1.165) is 29.4 Å². The highest BCUT2D eigenvalue weighted by Crippen LogP contribution is 2.29. The summed E-state index contributed by atoms with van der Waals surface area (Å²) in [6.07, 6.45) is 3.99. The van der Waals surface area contributed by atoms with Gasteiger partial charge in [0.1, 0.15) is 5.58 Å². The lowest BCUT2D eigenvalue weighted by Crippen LogP contribution is -2.28. The van der Waals surface area contributed by atoms with Crippen LogP contribution in [0.2, 0.25) is 0 Å². The number of furan rings is 1. The number of nitrogens with two attached hydrogens (primary N) is 1. The average molecular weight is 232 g/mol. The smallest absolute Gasteiger partial charge is 0.134 e. The minimum Gasteiger partial charge on any atom is -0.464 e. The fourth-order valence-corrected chi connectivity index (χ4v) is 2.10. The Labute approximate surface area is 102 Å². The van der Waals surface area contributed by atoms with Crippen LogP contribution >= 0.6 is 0 Å². The summed E-state index contributed by atoms with van der Waals surface area (Å²) in [7, 11) is 0. The van der Waals surface area contributed by atoms with Crippen LogP contribution in [-0.2, 0) is 0 Å². The third-order valence-electron chi connectivity index (χ3n) is 3.12. The zero-order chi connectivity index (χ0) is 12.3. The zero-order valence-electron chi connectivity index (χ0n) is 10.4. The number of para-hydroxylation sites is 1. The summed E-state index contributed by atoms with van der Waals surface area (Å²) < 4.78 is 5.54. The molecule has 3 nitrogen and oxygen atoms in total. The molecule has 3 heteroatoms. The van der Waals surface area contributed by atoms with Crippen LogP contribution in [0.1, 0.15) is 38.3 Å². The third-order valence-corrected chi connectivity index (χ3v) is 3.12. The number of fused-ring (bicyclic) bond motifs is 1. The number of benzene rings is 1. The number of nitrogens with one attached hydrogen (secondary N) is 1. The highest BCUT2D eigenvalue weighted by Gasteiger charge is 2.15. The van der Waals surface area contributed by atoms with Crippen molar-refractivity contribution < 1.29 is 4.42 Å². The number of rotatable bonds is 5. The Kier molecular flexibility index (Phi) is 3.82. The molecule has 2 aromatic rings. The van der Waals surface area contributed by atoms with Crippen molar-refractivity contribution in [2.45, 2.75) is 32.7 Å². The second kappa shape index (κ2) is 5.34. The van der Waals surface area contributed by atoms with Crippen LogP contribution in [0.25, 0.3) is 11.0 Å². The van der Waals surface area contributed by atoms with E-state index in [1.807, 2.05) is 24.5 Å². The molecule has 0 bridgehead atoms. The first kappa shape index (κ1) is 12.1. The van der Waals surface area contributed by atoms with Crippen molar-refractivity contribution in [1.29, 1.82) is 0 Å². The minimum absolute atomic E-state index is 0.168. The zero-order valence-corrected chi connectivity index (χ0v) is 10.4. The molecule has 1 heterocycles. The molecule has 0 spiro atoms. The molecule has 0 amide bonds. The van der Waals surface area contributed by atoms with Gasteiger partial charge in [0.15, 0.2) is 0 Å². The fraction of sp³-hybridized carbons (Fsp3) is 0.429. The van der Waals surface area contributed by atoms with E-state index in [9.17, 15) is 0 Å². The van der Waals surface area contributed by atoms with E-state index in [-0.39, 0.29) is 6.04 Å². The molecule has 0 saturated carbocycles. The van der Waals surface area contributed by atoms with Gasteiger partial charge >= 0.3 is 0 Å². The molecule has 3 N–H and O–H groups in total. The first-order valence-corrected chi connectivity index (χ1v) is 6.14. The van der Waals surface area contributed by atoms with E-state index in [0.29, 0.717) is 5.92 Å². The van der Waals surface area contributed by atoms with Gasteiger partial charge in [-0.25, -0.2) is 0 Å². The van der Waals surface area contributed by atoms with Crippen molar-refractivity contribution in [3.05, 3.63) is 36.1 Å². The number of hydrogen-bond acceptors (Lipinski definition) is 3. The Bertz CT molecular complexity index is 476.